The van der Waals surface area contributed by atoms with Gasteiger partial charge in [0, 0.05) is 48.6 Å². The number of fused-ring (bicyclic) bond motifs is 1. The van der Waals surface area contributed by atoms with E-state index in [-0.39, 0.29) is 35.8 Å². The molecule has 1 aromatic heterocycles. The van der Waals surface area contributed by atoms with E-state index in [2.05, 4.69) is 22.1 Å². The smallest absolute Gasteiger partial charge is 0.247 e. The number of pyridine rings is 1. The molecule has 160 valence electrons. The van der Waals surface area contributed by atoms with Gasteiger partial charge in [-0.25, -0.2) is 8.42 Å². The number of hydrogen-bond donors (Lipinski definition) is 2. The topological polar surface area (TPSA) is 91.8 Å². The summed E-state index contributed by atoms with van der Waals surface area (Å²) in [6.07, 6.45) is 3.11. The maximum atomic E-state index is 13.4. The summed E-state index contributed by atoms with van der Waals surface area (Å²) in [5.74, 6) is 6.26. The second kappa shape index (κ2) is 9.58. The zero-order valence-electron chi connectivity index (χ0n) is 17.4. The van der Waals surface area contributed by atoms with Crippen LogP contribution in [-0.4, -0.2) is 61.7 Å². The van der Waals surface area contributed by atoms with E-state index < -0.39 is 16.1 Å². The zero-order valence-corrected chi connectivity index (χ0v) is 18.2. The van der Waals surface area contributed by atoms with Gasteiger partial charge in [-0.3, -0.25) is 4.98 Å². The molecule has 0 aliphatic carbocycles. The van der Waals surface area contributed by atoms with Gasteiger partial charge >= 0.3 is 0 Å². The van der Waals surface area contributed by atoms with E-state index in [1.54, 1.807) is 37.5 Å². The number of nitrogens with zero attached hydrogens (tertiary/aromatic N) is 2. The molecule has 0 spiro atoms. The van der Waals surface area contributed by atoms with Crippen molar-refractivity contribution < 1.29 is 18.3 Å². The molecule has 0 saturated carbocycles. The van der Waals surface area contributed by atoms with Crippen LogP contribution < -0.4 is 10.1 Å². The molecule has 8 heteroatoms. The summed E-state index contributed by atoms with van der Waals surface area (Å²) in [5, 5.41) is 12.7. The van der Waals surface area contributed by atoms with Gasteiger partial charge in [0.05, 0.1) is 6.61 Å². The Labute approximate surface area is 178 Å². The molecule has 3 atom stereocenters. The number of rotatable bonds is 4. The molecular formula is C22H27N3O4S. The number of likely N-dealkylation sites (N-methyl/N-ethyl adjacent to an activating group) is 1. The average molecular weight is 430 g/mol. The molecule has 2 N–H and O–H groups in total. The largest absolute Gasteiger partial charge is 0.487 e. The predicted molar refractivity (Wildman–Crippen MR) is 115 cm³/mol. The van der Waals surface area contributed by atoms with Crippen molar-refractivity contribution in [3.05, 3.63) is 53.9 Å². The summed E-state index contributed by atoms with van der Waals surface area (Å²) in [6, 6.07) is 7.99. The average Bonchev–Trinajstić information content (AvgIpc) is 2.75. The normalized spacial score (nSPS) is 21.9. The van der Waals surface area contributed by atoms with Gasteiger partial charge in [0.2, 0.25) is 10.0 Å². The van der Waals surface area contributed by atoms with Crippen LogP contribution in [0.1, 0.15) is 25.0 Å². The standard InChI is InChI=1S/C22H27N3O4S/c1-16-14-25(17(2)15-26)30(27,28)22-9-8-18(6-7-19-5-4-10-24-12-19)11-20(22)29-21(16)13-23-3/h4-5,8-12,16-17,21,23,26H,13-15H2,1-3H3/t16-,17+,21+/m1/s1. The lowest BCUT2D eigenvalue weighted by atomic mass is 10.0. The molecule has 0 bridgehead atoms. The number of aliphatic hydroxyl groups is 1. The molecule has 0 saturated heterocycles. The van der Waals surface area contributed by atoms with Crippen molar-refractivity contribution in [3.8, 4) is 17.6 Å². The Kier molecular flexibility index (Phi) is 7.10. The number of hydrogen-bond acceptors (Lipinski definition) is 6. The highest BCUT2D eigenvalue weighted by atomic mass is 32.2. The van der Waals surface area contributed by atoms with Crippen molar-refractivity contribution >= 4 is 10.0 Å². The third-order valence-electron chi connectivity index (χ3n) is 5.09. The molecular weight excluding hydrogens is 402 g/mol. The summed E-state index contributed by atoms with van der Waals surface area (Å²) >= 11 is 0. The first-order valence-corrected chi connectivity index (χ1v) is 11.3. The number of nitrogens with one attached hydrogen (secondary N) is 1. The third-order valence-corrected chi connectivity index (χ3v) is 7.10. The Morgan fingerprint density at radius 2 is 2.10 bits per heavy atom. The summed E-state index contributed by atoms with van der Waals surface area (Å²) in [4.78, 5) is 4.13. The highest BCUT2D eigenvalue weighted by Crippen LogP contribution is 2.33. The van der Waals surface area contributed by atoms with Crippen molar-refractivity contribution in [1.29, 1.82) is 0 Å². The van der Waals surface area contributed by atoms with Crippen LogP contribution in [0.15, 0.2) is 47.6 Å². The summed E-state index contributed by atoms with van der Waals surface area (Å²) in [7, 11) is -2.01. The maximum Gasteiger partial charge on any atom is 0.247 e. The lowest BCUT2D eigenvalue weighted by molar-refractivity contribution is 0.103. The van der Waals surface area contributed by atoms with Crippen LogP contribution in [0, 0.1) is 17.8 Å². The van der Waals surface area contributed by atoms with E-state index in [4.69, 9.17) is 4.74 Å². The van der Waals surface area contributed by atoms with Crippen molar-refractivity contribution in [2.45, 2.75) is 30.9 Å². The Hall–Kier alpha value is -2.44. The van der Waals surface area contributed by atoms with Crippen LogP contribution in [0.25, 0.3) is 0 Å². The predicted octanol–water partition coefficient (Wildman–Crippen LogP) is 1.47. The first kappa shape index (κ1) is 22.2. The molecule has 1 aliphatic rings. The van der Waals surface area contributed by atoms with Gasteiger partial charge in [0.1, 0.15) is 16.7 Å². The van der Waals surface area contributed by atoms with Gasteiger partial charge in [-0.1, -0.05) is 18.8 Å². The number of ether oxygens (including phenoxy) is 1. The molecule has 7 nitrogen and oxygen atoms in total. The fraction of sp³-hybridized carbons (Fsp3) is 0.409. The second-order valence-electron chi connectivity index (χ2n) is 7.45. The molecule has 2 heterocycles. The van der Waals surface area contributed by atoms with Crippen molar-refractivity contribution in [1.82, 2.24) is 14.6 Å². The minimum atomic E-state index is -3.84. The van der Waals surface area contributed by atoms with E-state index in [1.165, 1.54) is 10.4 Å². The highest BCUT2D eigenvalue weighted by Gasteiger charge is 2.37. The van der Waals surface area contributed by atoms with Gasteiger partial charge in [0.25, 0.3) is 0 Å². The highest BCUT2D eigenvalue weighted by molar-refractivity contribution is 7.89. The van der Waals surface area contributed by atoms with Crippen molar-refractivity contribution in [2.24, 2.45) is 5.92 Å². The Bertz CT molecular complexity index is 1030. The molecule has 0 radical (unpaired) electrons. The third kappa shape index (κ3) is 4.82. The van der Waals surface area contributed by atoms with Crippen LogP contribution in [0.4, 0.5) is 0 Å². The molecule has 0 amide bonds. The van der Waals surface area contributed by atoms with Crippen molar-refractivity contribution in [3.63, 3.8) is 0 Å². The van der Waals surface area contributed by atoms with Gasteiger partial charge in [-0.2, -0.15) is 4.31 Å². The summed E-state index contributed by atoms with van der Waals surface area (Å²) in [5.41, 5.74) is 1.41. The molecule has 1 aliphatic heterocycles. The molecule has 2 aromatic rings. The Morgan fingerprint density at radius 1 is 1.33 bits per heavy atom. The number of sulfonamides is 1. The molecule has 0 fully saturated rings. The monoisotopic (exact) mass is 429 g/mol. The first-order chi connectivity index (χ1) is 14.4. The van der Waals surface area contributed by atoms with Crippen LogP contribution in [0.5, 0.6) is 5.75 Å². The molecule has 0 unspecified atom stereocenters. The number of benzene rings is 1. The van der Waals surface area contributed by atoms with E-state index in [1.807, 2.05) is 20.0 Å². The van der Waals surface area contributed by atoms with Gasteiger partial charge in [-0.15, -0.1) is 0 Å². The fourth-order valence-electron chi connectivity index (χ4n) is 3.33. The Morgan fingerprint density at radius 3 is 2.77 bits per heavy atom. The lowest BCUT2D eigenvalue weighted by Crippen LogP contribution is -2.49. The van der Waals surface area contributed by atoms with E-state index in [9.17, 15) is 13.5 Å². The fourth-order valence-corrected chi connectivity index (χ4v) is 5.15. The maximum absolute atomic E-state index is 13.4. The van der Waals surface area contributed by atoms with Crippen LogP contribution in [0.2, 0.25) is 0 Å². The van der Waals surface area contributed by atoms with Gasteiger partial charge in [0.15, 0.2) is 0 Å². The van der Waals surface area contributed by atoms with Crippen LogP contribution in [0.3, 0.4) is 0 Å². The number of aromatic nitrogens is 1. The van der Waals surface area contributed by atoms with Crippen molar-refractivity contribution in [2.75, 3.05) is 26.7 Å². The van der Waals surface area contributed by atoms with Gasteiger partial charge < -0.3 is 15.2 Å². The van der Waals surface area contributed by atoms with E-state index in [0.717, 1.165) is 5.56 Å². The zero-order chi connectivity index (χ0) is 21.7. The quantitative estimate of drug-likeness (QED) is 0.716. The SMILES string of the molecule is CNC[C@@H]1Oc2cc(C#Cc3cccnc3)ccc2S(=O)(=O)N([C@@H](C)CO)C[C@H]1C. The molecule has 1 aromatic carbocycles. The van der Waals surface area contributed by atoms with E-state index in [0.29, 0.717) is 12.1 Å². The first-order valence-electron chi connectivity index (χ1n) is 9.87. The van der Waals surface area contributed by atoms with E-state index >= 15 is 0 Å². The summed E-state index contributed by atoms with van der Waals surface area (Å²) in [6.45, 7) is 4.22. The molecule has 30 heavy (non-hydrogen) atoms. The summed E-state index contributed by atoms with van der Waals surface area (Å²) < 4.78 is 34.2. The lowest BCUT2D eigenvalue weighted by Gasteiger charge is -2.36. The van der Waals surface area contributed by atoms with Crippen LogP contribution in [-0.2, 0) is 10.0 Å². The molecule has 3 rings (SSSR count). The Balaban J connectivity index is 2.07. The van der Waals surface area contributed by atoms with Crippen LogP contribution >= 0.6 is 0 Å². The second-order valence-corrected chi connectivity index (χ2v) is 9.31. The van der Waals surface area contributed by atoms with Gasteiger partial charge in [-0.05, 0) is 44.3 Å². The minimum Gasteiger partial charge on any atom is -0.487 e. The number of aliphatic hydroxyl groups excluding tert-OH is 1. The minimum absolute atomic E-state index is 0.0838.